The van der Waals surface area contributed by atoms with Crippen molar-refractivity contribution >= 4 is 5.91 Å². The van der Waals surface area contributed by atoms with E-state index in [4.69, 9.17) is 5.73 Å². The van der Waals surface area contributed by atoms with Gasteiger partial charge in [0, 0.05) is 18.0 Å². The zero-order valence-corrected chi connectivity index (χ0v) is 11.2. The summed E-state index contributed by atoms with van der Waals surface area (Å²) in [6.45, 7) is 5.11. The molecule has 98 valence electrons. The first-order valence-corrected chi connectivity index (χ1v) is 7.00. The van der Waals surface area contributed by atoms with Crippen LogP contribution in [0.25, 0.3) is 0 Å². The first-order valence-electron chi connectivity index (χ1n) is 7.00. The van der Waals surface area contributed by atoms with Crippen LogP contribution in [0.2, 0.25) is 0 Å². The first kappa shape index (κ1) is 12.9. The average Bonchev–Trinajstić information content (AvgIpc) is 2.22. The molecule has 1 unspecified atom stereocenters. The van der Waals surface area contributed by atoms with Gasteiger partial charge < -0.3 is 11.1 Å². The van der Waals surface area contributed by atoms with E-state index in [0.717, 1.165) is 19.3 Å². The van der Waals surface area contributed by atoms with E-state index < -0.39 is 0 Å². The maximum atomic E-state index is 12.2. The molecule has 17 heavy (non-hydrogen) atoms. The molecular formula is C14H26N2O. The molecule has 0 saturated heterocycles. The normalized spacial score (nSPS) is 30.4. The minimum absolute atomic E-state index is 0.103. The van der Waals surface area contributed by atoms with Crippen LogP contribution in [0.5, 0.6) is 0 Å². The third kappa shape index (κ3) is 2.82. The Morgan fingerprint density at radius 2 is 1.94 bits per heavy atom. The summed E-state index contributed by atoms with van der Waals surface area (Å²) >= 11 is 0. The largest absolute Gasteiger partial charge is 0.354 e. The summed E-state index contributed by atoms with van der Waals surface area (Å²) in [7, 11) is 0. The molecule has 2 saturated carbocycles. The lowest BCUT2D eigenvalue weighted by atomic mass is 9.68. The lowest BCUT2D eigenvalue weighted by molar-refractivity contribution is -0.130. The number of carbonyl (C=O) groups is 1. The Balaban J connectivity index is 1.86. The molecule has 0 aromatic heterocycles. The highest BCUT2D eigenvalue weighted by Gasteiger charge is 2.38. The van der Waals surface area contributed by atoms with Crippen molar-refractivity contribution in [1.29, 1.82) is 0 Å². The Labute approximate surface area is 105 Å². The quantitative estimate of drug-likeness (QED) is 0.792. The zero-order valence-electron chi connectivity index (χ0n) is 11.2. The summed E-state index contributed by atoms with van der Waals surface area (Å²) in [6, 6.07) is 0. The number of rotatable bonds is 3. The van der Waals surface area contributed by atoms with Crippen LogP contribution >= 0.6 is 0 Å². The second-order valence-corrected chi connectivity index (χ2v) is 6.72. The van der Waals surface area contributed by atoms with Gasteiger partial charge in [0.15, 0.2) is 0 Å². The molecule has 0 aromatic rings. The van der Waals surface area contributed by atoms with E-state index in [1.165, 1.54) is 25.7 Å². The number of carbonyl (C=O) groups excluding carboxylic acids is 1. The lowest BCUT2D eigenvalue weighted by Crippen LogP contribution is -2.56. The van der Waals surface area contributed by atoms with Gasteiger partial charge >= 0.3 is 0 Å². The van der Waals surface area contributed by atoms with Crippen LogP contribution < -0.4 is 11.1 Å². The van der Waals surface area contributed by atoms with Gasteiger partial charge in [-0.25, -0.2) is 0 Å². The second kappa shape index (κ2) is 4.60. The molecule has 1 atom stereocenters. The van der Waals surface area contributed by atoms with Crippen molar-refractivity contribution in [1.82, 2.24) is 5.32 Å². The predicted octanol–water partition coefficient (Wildman–Crippen LogP) is 2.20. The van der Waals surface area contributed by atoms with Gasteiger partial charge in [-0.15, -0.1) is 0 Å². The van der Waals surface area contributed by atoms with E-state index in [0.29, 0.717) is 6.54 Å². The summed E-state index contributed by atoms with van der Waals surface area (Å²) in [6.07, 6.45) is 7.98. The molecule has 3 N–H and O–H groups in total. The molecule has 2 aliphatic carbocycles. The predicted molar refractivity (Wildman–Crippen MR) is 69.5 cm³/mol. The minimum Gasteiger partial charge on any atom is -0.354 e. The van der Waals surface area contributed by atoms with Gasteiger partial charge in [0.1, 0.15) is 0 Å². The maximum Gasteiger partial charge on any atom is 0.223 e. The highest BCUT2D eigenvalue weighted by molar-refractivity contribution is 5.79. The highest BCUT2D eigenvalue weighted by atomic mass is 16.1. The van der Waals surface area contributed by atoms with Crippen molar-refractivity contribution in [2.45, 2.75) is 64.3 Å². The van der Waals surface area contributed by atoms with Crippen molar-refractivity contribution in [2.75, 3.05) is 6.54 Å². The number of nitrogens with two attached hydrogens (primary N) is 1. The third-order valence-electron chi connectivity index (χ3n) is 4.79. The molecule has 0 heterocycles. The van der Waals surface area contributed by atoms with Crippen LogP contribution in [0.15, 0.2) is 0 Å². The van der Waals surface area contributed by atoms with Crippen molar-refractivity contribution in [3.05, 3.63) is 0 Å². The second-order valence-electron chi connectivity index (χ2n) is 6.72. The van der Waals surface area contributed by atoms with Gasteiger partial charge in [-0.3, -0.25) is 4.79 Å². The SMILES string of the molecule is CC1(C)CCCCC1C(=O)NCC1(N)CCC1. The maximum absolute atomic E-state index is 12.2. The fourth-order valence-corrected chi connectivity index (χ4v) is 3.17. The number of nitrogens with one attached hydrogen (secondary N) is 1. The Morgan fingerprint density at radius 1 is 1.24 bits per heavy atom. The van der Waals surface area contributed by atoms with Gasteiger partial charge in [0.2, 0.25) is 5.91 Å². The molecule has 1 amide bonds. The molecule has 2 aliphatic rings. The molecule has 0 bridgehead atoms. The Kier molecular flexibility index (Phi) is 3.48. The van der Waals surface area contributed by atoms with Gasteiger partial charge in [0.05, 0.1) is 0 Å². The van der Waals surface area contributed by atoms with E-state index in [1.54, 1.807) is 0 Å². The van der Waals surface area contributed by atoms with Crippen LogP contribution in [0.4, 0.5) is 0 Å². The van der Waals surface area contributed by atoms with Gasteiger partial charge in [-0.2, -0.15) is 0 Å². The van der Waals surface area contributed by atoms with Crippen LogP contribution in [-0.2, 0) is 4.79 Å². The topological polar surface area (TPSA) is 55.1 Å². The van der Waals surface area contributed by atoms with Crippen molar-refractivity contribution in [3.63, 3.8) is 0 Å². The molecule has 2 fully saturated rings. The summed E-state index contributed by atoms with van der Waals surface area (Å²) < 4.78 is 0. The smallest absolute Gasteiger partial charge is 0.223 e. The van der Waals surface area contributed by atoms with E-state index in [9.17, 15) is 4.79 Å². The Morgan fingerprint density at radius 3 is 2.47 bits per heavy atom. The summed E-state index contributed by atoms with van der Waals surface area (Å²) in [5, 5.41) is 3.09. The fourth-order valence-electron chi connectivity index (χ4n) is 3.17. The van der Waals surface area contributed by atoms with E-state index >= 15 is 0 Å². The van der Waals surface area contributed by atoms with Crippen LogP contribution in [-0.4, -0.2) is 18.0 Å². The number of hydrogen-bond acceptors (Lipinski definition) is 2. The van der Waals surface area contributed by atoms with E-state index in [1.807, 2.05) is 0 Å². The van der Waals surface area contributed by atoms with E-state index in [-0.39, 0.29) is 22.8 Å². The van der Waals surface area contributed by atoms with Crippen molar-refractivity contribution < 1.29 is 4.79 Å². The molecule has 0 aromatic carbocycles. The molecule has 2 rings (SSSR count). The fraction of sp³-hybridized carbons (Fsp3) is 0.929. The van der Waals surface area contributed by atoms with Gasteiger partial charge in [-0.1, -0.05) is 26.7 Å². The lowest BCUT2D eigenvalue weighted by Gasteiger charge is -2.41. The minimum atomic E-state index is -0.103. The average molecular weight is 238 g/mol. The Hall–Kier alpha value is -0.570. The van der Waals surface area contributed by atoms with Crippen molar-refractivity contribution in [2.24, 2.45) is 17.1 Å². The first-order chi connectivity index (χ1) is 7.93. The Bertz CT molecular complexity index is 295. The molecule has 3 heteroatoms. The van der Waals surface area contributed by atoms with E-state index in [2.05, 4.69) is 19.2 Å². The monoisotopic (exact) mass is 238 g/mol. The third-order valence-corrected chi connectivity index (χ3v) is 4.79. The standard InChI is InChI=1S/C14H26N2O/c1-13(2)7-4-3-6-11(13)12(17)16-10-14(15)8-5-9-14/h11H,3-10,15H2,1-2H3,(H,16,17). The number of hydrogen-bond donors (Lipinski definition) is 2. The zero-order chi connectivity index (χ0) is 12.5. The highest BCUT2D eigenvalue weighted by Crippen LogP contribution is 2.40. The summed E-state index contributed by atoms with van der Waals surface area (Å²) in [4.78, 5) is 12.2. The van der Waals surface area contributed by atoms with Crippen molar-refractivity contribution in [3.8, 4) is 0 Å². The van der Waals surface area contributed by atoms with Crippen LogP contribution in [0.3, 0.4) is 0 Å². The van der Waals surface area contributed by atoms with Crippen LogP contribution in [0, 0.1) is 11.3 Å². The summed E-state index contributed by atoms with van der Waals surface area (Å²) in [5.41, 5.74) is 6.19. The number of amides is 1. The molecule has 0 radical (unpaired) electrons. The molecule has 0 aliphatic heterocycles. The summed E-state index contributed by atoms with van der Waals surface area (Å²) in [5.74, 6) is 0.409. The van der Waals surface area contributed by atoms with Crippen LogP contribution in [0.1, 0.15) is 58.8 Å². The molecular weight excluding hydrogens is 212 g/mol. The molecule has 0 spiro atoms. The van der Waals surface area contributed by atoms with Gasteiger partial charge in [0.25, 0.3) is 0 Å². The van der Waals surface area contributed by atoms with Gasteiger partial charge in [-0.05, 0) is 37.5 Å². The molecule has 3 nitrogen and oxygen atoms in total.